The number of amides is 1. The van der Waals surface area contributed by atoms with Gasteiger partial charge in [-0.05, 0) is 41.4 Å². The minimum Gasteiger partial charge on any atom is -0.456 e. The fraction of sp³-hybridized carbons (Fsp3) is 0.0526. The molecule has 27 heavy (non-hydrogen) atoms. The number of fused-ring (bicyclic) bond motifs is 1. The van der Waals surface area contributed by atoms with Crippen LogP contribution in [0.25, 0.3) is 0 Å². The molecule has 8 heteroatoms. The van der Waals surface area contributed by atoms with Crippen LogP contribution in [0.15, 0.2) is 60.8 Å². The molecule has 1 amide bonds. The van der Waals surface area contributed by atoms with Crippen molar-refractivity contribution in [2.75, 3.05) is 5.32 Å². The molecule has 1 aliphatic heterocycles. The number of halogens is 1. The summed E-state index contributed by atoms with van der Waals surface area (Å²) in [5.41, 5.74) is 2.34. The number of anilines is 1. The summed E-state index contributed by atoms with van der Waals surface area (Å²) in [6, 6.07) is 15.5. The maximum atomic E-state index is 12.5. The van der Waals surface area contributed by atoms with Gasteiger partial charge in [0.15, 0.2) is 0 Å². The summed E-state index contributed by atoms with van der Waals surface area (Å²) in [6.07, 6.45) is 1.49. The van der Waals surface area contributed by atoms with Crippen molar-refractivity contribution in [1.29, 1.82) is 0 Å². The Morgan fingerprint density at radius 3 is 2.93 bits per heavy atom. The van der Waals surface area contributed by atoms with E-state index in [4.69, 9.17) is 21.0 Å². The summed E-state index contributed by atoms with van der Waals surface area (Å²) in [7, 11) is -0.912. The maximum Gasteiger partial charge on any atom is 0.491 e. The van der Waals surface area contributed by atoms with E-state index in [2.05, 4.69) is 10.3 Å². The van der Waals surface area contributed by atoms with Crippen molar-refractivity contribution in [3.8, 4) is 11.5 Å². The van der Waals surface area contributed by atoms with Crippen LogP contribution in [0.2, 0.25) is 5.02 Å². The van der Waals surface area contributed by atoms with Crippen LogP contribution in [0.5, 0.6) is 11.5 Å². The van der Waals surface area contributed by atoms with Crippen LogP contribution in [0.4, 0.5) is 5.69 Å². The van der Waals surface area contributed by atoms with Crippen molar-refractivity contribution in [2.45, 2.75) is 6.61 Å². The number of hydrogen-bond donors (Lipinski definition) is 2. The third-order valence-corrected chi connectivity index (χ3v) is 4.40. The predicted molar refractivity (Wildman–Crippen MR) is 103 cm³/mol. The first kappa shape index (κ1) is 17.5. The Hall–Kier alpha value is -2.87. The molecular formula is C19H14BClN2O4. The Labute approximate surface area is 160 Å². The van der Waals surface area contributed by atoms with Crippen molar-refractivity contribution in [2.24, 2.45) is 0 Å². The van der Waals surface area contributed by atoms with Crippen LogP contribution in [-0.4, -0.2) is 23.0 Å². The Morgan fingerprint density at radius 1 is 1.22 bits per heavy atom. The monoisotopic (exact) mass is 380 g/mol. The summed E-state index contributed by atoms with van der Waals surface area (Å²) < 4.78 is 10.9. The molecule has 0 aliphatic carbocycles. The molecule has 0 bridgehead atoms. The van der Waals surface area contributed by atoms with Crippen molar-refractivity contribution in [3.05, 3.63) is 77.1 Å². The van der Waals surface area contributed by atoms with Crippen molar-refractivity contribution in [3.63, 3.8) is 0 Å². The third kappa shape index (κ3) is 3.80. The highest BCUT2D eigenvalue weighted by atomic mass is 35.5. The molecule has 0 saturated carbocycles. The average Bonchev–Trinajstić information content (AvgIpc) is 3.04. The largest absolute Gasteiger partial charge is 0.491 e. The molecule has 3 aromatic rings. The molecule has 0 saturated heterocycles. The van der Waals surface area contributed by atoms with Gasteiger partial charge in [0.25, 0.3) is 5.91 Å². The van der Waals surface area contributed by atoms with E-state index in [9.17, 15) is 9.82 Å². The molecule has 0 spiro atoms. The lowest BCUT2D eigenvalue weighted by Gasteiger charge is -2.09. The van der Waals surface area contributed by atoms with E-state index in [1.165, 1.54) is 6.20 Å². The van der Waals surface area contributed by atoms with Crippen LogP contribution in [0.1, 0.15) is 16.1 Å². The van der Waals surface area contributed by atoms with Crippen LogP contribution in [0, 0.1) is 0 Å². The van der Waals surface area contributed by atoms with Crippen LogP contribution in [0.3, 0.4) is 0 Å². The van der Waals surface area contributed by atoms with Crippen molar-refractivity contribution >= 4 is 35.8 Å². The maximum absolute atomic E-state index is 12.5. The number of nitrogens with one attached hydrogen (secondary N) is 1. The molecule has 1 aromatic heterocycles. The number of benzene rings is 2. The minimum atomic E-state index is -0.912. The topological polar surface area (TPSA) is 80.7 Å². The van der Waals surface area contributed by atoms with Gasteiger partial charge in [-0.2, -0.15) is 0 Å². The lowest BCUT2D eigenvalue weighted by Crippen LogP contribution is -2.28. The number of para-hydroxylation sites is 1. The molecule has 4 rings (SSSR count). The van der Waals surface area contributed by atoms with Gasteiger partial charge in [-0.3, -0.25) is 9.78 Å². The van der Waals surface area contributed by atoms with Gasteiger partial charge in [0.1, 0.15) is 17.2 Å². The molecule has 2 N–H and O–H groups in total. The summed E-state index contributed by atoms with van der Waals surface area (Å²) >= 11 is 6.09. The third-order valence-electron chi connectivity index (χ3n) is 4.09. The minimum absolute atomic E-state index is 0.205. The molecule has 0 radical (unpaired) electrons. The van der Waals surface area contributed by atoms with E-state index in [1.54, 1.807) is 48.5 Å². The molecule has 1 aliphatic rings. The smallest absolute Gasteiger partial charge is 0.456 e. The van der Waals surface area contributed by atoms with Gasteiger partial charge in [-0.1, -0.05) is 29.8 Å². The highest BCUT2D eigenvalue weighted by molar-refractivity contribution is 6.61. The zero-order chi connectivity index (χ0) is 18.8. The first-order valence-electron chi connectivity index (χ1n) is 8.22. The SMILES string of the molecule is O=C(Nc1ccc2c(c1)COB2O)c1cc(Oc2ccccc2Cl)ccn1. The number of ether oxygens (including phenoxy) is 1. The molecule has 2 aromatic carbocycles. The predicted octanol–water partition coefficient (Wildman–Crippen LogP) is 3.00. The lowest BCUT2D eigenvalue weighted by atomic mass is 9.79. The fourth-order valence-electron chi connectivity index (χ4n) is 2.76. The van der Waals surface area contributed by atoms with Crippen molar-refractivity contribution < 1.29 is 19.2 Å². The first-order chi connectivity index (χ1) is 13.1. The second-order valence-electron chi connectivity index (χ2n) is 5.94. The summed E-state index contributed by atoms with van der Waals surface area (Å²) in [6.45, 7) is 0.305. The quantitative estimate of drug-likeness (QED) is 0.680. The summed E-state index contributed by atoms with van der Waals surface area (Å²) in [5, 5.41) is 12.9. The Kier molecular flexibility index (Phi) is 4.81. The zero-order valence-corrected chi connectivity index (χ0v) is 14.8. The second-order valence-corrected chi connectivity index (χ2v) is 6.35. The molecule has 2 heterocycles. The van der Waals surface area contributed by atoms with E-state index >= 15 is 0 Å². The fourth-order valence-corrected chi connectivity index (χ4v) is 2.93. The van der Waals surface area contributed by atoms with Crippen molar-refractivity contribution in [1.82, 2.24) is 4.98 Å². The van der Waals surface area contributed by atoms with E-state index in [1.807, 2.05) is 6.07 Å². The lowest BCUT2D eigenvalue weighted by molar-refractivity contribution is 0.102. The van der Waals surface area contributed by atoms with Gasteiger partial charge in [0.05, 0.1) is 11.6 Å². The average molecular weight is 381 g/mol. The number of carbonyl (C=O) groups excluding carboxylic acids is 1. The van der Waals surface area contributed by atoms with Gasteiger partial charge in [0, 0.05) is 18.0 Å². The highest BCUT2D eigenvalue weighted by Gasteiger charge is 2.27. The van der Waals surface area contributed by atoms with Crippen LogP contribution >= 0.6 is 11.6 Å². The number of hydrogen-bond acceptors (Lipinski definition) is 5. The Morgan fingerprint density at radius 2 is 2.07 bits per heavy atom. The van der Waals surface area contributed by atoms with Gasteiger partial charge in [-0.25, -0.2) is 0 Å². The zero-order valence-electron chi connectivity index (χ0n) is 14.1. The van der Waals surface area contributed by atoms with Gasteiger partial charge >= 0.3 is 7.12 Å². The van der Waals surface area contributed by atoms with E-state index in [0.29, 0.717) is 34.3 Å². The Balaban J connectivity index is 1.50. The van der Waals surface area contributed by atoms with Crippen LogP contribution < -0.4 is 15.5 Å². The number of carbonyl (C=O) groups is 1. The second kappa shape index (κ2) is 7.40. The molecule has 0 unspecified atom stereocenters. The molecule has 0 atom stereocenters. The Bertz CT molecular complexity index is 1010. The van der Waals surface area contributed by atoms with Gasteiger partial charge < -0.3 is 19.7 Å². The summed E-state index contributed by atoms with van der Waals surface area (Å²) in [4.78, 5) is 16.6. The number of nitrogens with zero attached hydrogens (tertiary/aromatic N) is 1. The van der Waals surface area contributed by atoms with Crippen LogP contribution in [-0.2, 0) is 11.3 Å². The standard InChI is InChI=1S/C19H14BClN2O4/c21-16-3-1-2-4-18(16)27-14-7-8-22-17(10-14)19(24)23-13-5-6-15-12(9-13)11-26-20(15)25/h1-10,25H,11H2,(H,23,24). The molecule has 6 nitrogen and oxygen atoms in total. The normalized spacial score (nSPS) is 12.6. The van der Waals surface area contributed by atoms with E-state index < -0.39 is 7.12 Å². The number of aromatic nitrogens is 1. The van der Waals surface area contributed by atoms with Gasteiger partial charge in [0.2, 0.25) is 0 Å². The number of rotatable bonds is 4. The molecule has 0 fully saturated rings. The van der Waals surface area contributed by atoms with E-state index in [-0.39, 0.29) is 11.6 Å². The van der Waals surface area contributed by atoms with Gasteiger partial charge in [-0.15, -0.1) is 0 Å². The number of pyridine rings is 1. The van der Waals surface area contributed by atoms with E-state index in [0.717, 1.165) is 5.56 Å². The molecular weight excluding hydrogens is 366 g/mol. The first-order valence-corrected chi connectivity index (χ1v) is 8.60. The molecule has 134 valence electrons. The highest BCUT2D eigenvalue weighted by Crippen LogP contribution is 2.28. The summed E-state index contributed by atoms with van der Waals surface area (Å²) in [5.74, 6) is 0.571.